The van der Waals surface area contributed by atoms with Crippen molar-refractivity contribution in [3.63, 3.8) is 0 Å². The summed E-state index contributed by atoms with van der Waals surface area (Å²) in [6, 6.07) is 12.3. The van der Waals surface area contributed by atoms with Crippen molar-refractivity contribution in [2.45, 2.75) is 13.8 Å². The van der Waals surface area contributed by atoms with Gasteiger partial charge in [-0.2, -0.15) is 4.98 Å². The number of benzene rings is 2. The Hall–Kier alpha value is -4.47. The fourth-order valence-electron chi connectivity index (χ4n) is 4.25. The maximum absolute atomic E-state index is 13.0. The number of nitro benzene ring substituents is 1. The van der Waals surface area contributed by atoms with E-state index in [1.807, 2.05) is 36.6 Å². The van der Waals surface area contributed by atoms with E-state index >= 15 is 0 Å². The van der Waals surface area contributed by atoms with Crippen molar-refractivity contribution in [3.8, 4) is 16.9 Å². The summed E-state index contributed by atoms with van der Waals surface area (Å²) in [5.74, 6) is 0.428. The van der Waals surface area contributed by atoms with E-state index in [0.717, 1.165) is 21.4 Å². The maximum Gasteiger partial charge on any atom is 0.332 e. The van der Waals surface area contributed by atoms with Gasteiger partial charge in [-0.3, -0.25) is 33.0 Å². The van der Waals surface area contributed by atoms with Crippen LogP contribution in [0.2, 0.25) is 0 Å². The Kier molecular flexibility index (Phi) is 4.35. The molecule has 3 heterocycles. The zero-order valence-electron chi connectivity index (χ0n) is 18.4. The molecule has 0 N–H and O–H groups in total. The van der Waals surface area contributed by atoms with E-state index in [4.69, 9.17) is 0 Å². The van der Waals surface area contributed by atoms with E-state index in [-0.39, 0.29) is 16.9 Å². The SMILES string of the molecule is Cc1ccc(-n2c(-c3cccc([N+](=O)[O-])c3)cn3c4c(=O)n(C)c(=O)n(C)c4nc23)c(C)c1. The average Bonchev–Trinajstić information content (AvgIpc) is 3.33. The highest BCUT2D eigenvalue weighted by Crippen LogP contribution is 2.32. The number of hydrogen-bond acceptors (Lipinski definition) is 5. The molecule has 2 aromatic carbocycles. The molecule has 3 aromatic heterocycles. The number of fused-ring (bicyclic) bond motifs is 3. The Bertz CT molecular complexity index is 1730. The molecule has 5 rings (SSSR count). The van der Waals surface area contributed by atoms with Crippen LogP contribution in [0.1, 0.15) is 11.1 Å². The molecule has 5 aromatic rings. The highest BCUT2D eigenvalue weighted by Gasteiger charge is 2.23. The van der Waals surface area contributed by atoms with Crippen molar-refractivity contribution in [2.75, 3.05) is 0 Å². The molecule has 0 radical (unpaired) electrons. The topological polar surface area (TPSA) is 109 Å². The lowest BCUT2D eigenvalue weighted by Gasteiger charge is -2.12. The highest BCUT2D eigenvalue weighted by atomic mass is 16.6. The fraction of sp³-hybridized carbons (Fsp3) is 0.174. The minimum Gasteiger partial charge on any atom is -0.279 e. The van der Waals surface area contributed by atoms with Crippen LogP contribution in [0.3, 0.4) is 0 Å². The van der Waals surface area contributed by atoms with Gasteiger partial charge in [0.25, 0.3) is 11.2 Å². The zero-order chi connectivity index (χ0) is 23.6. The van der Waals surface area contributed by atoms with Crippen LogP contribution in [0.4, 0.5) is 5.69 Å². The van der Waals surface area contributed by atoms with Gasteiger partial charge in [0.15, 0.2) is 11.2 Å². The Morgan fingerprint density at radius 3 is 2.45 bits per heavy atom. The monoisotopic (exact) mass is 444 g/mol. The minimum atomic E-state index is -0.469. The van der Waals surface area contributed by atoms with E-state index in [2.05, 4.69) is 4.98 Å². The summed E-state index contributed by atoms with van der Waals surface area (Å²) in [5, 5.41) is 11.4. The first-order valence-corrected chi connectivity index (χ1v) is 10.2. The number of non-ortho nitro benzene ring substituents is 1. The van der Waals surface area contributed by atoms with Crippen LogP contribution in [-0.2, 0) is 14.1 Å². The predicted octanol–water partition coefficient (Wildman–Crippen LogP) is 2.87. The standard InChI is InChI=1S/C23H20N6O4/c1-13-8-9-17(14(2)10-13)28-18(15-6-5-7-16(11-15)29(32)33)12-27-19-20(24-22(27)28)25(3)23(31)26(4)21(19)30/h5-12H,1-4H3. The van der Waals surface area contributed by atoms with Gasteiger partial charge in [-0.15, -0.1) is 0 Å². The molecule has 0 saturated carbocycles. The summed E-state index contributed by atoms with van der Waals surface area (Å²) in [7, 11) is 2.99. The molecule has 33 heavy (non-hydrogen) atoms. The zero-order valence-corrected chi connectivity index (χ0v) is 18.4. The van der Waals surface area contributed by atoms with E-state index < -0.39 is 16.2 Å². The van der Waals surface area contributed by atoms with Crippen LogP contribution < -0.4 is 11.2 Å². The second-order valence-electron chi connectivity index (χ2n) is 8.11. The van der Waals surface area contributed by atoms with Crippen molar-refractivity contribution >= 4 is 22.6 Å². The van der Waals surface area contributed by atoms with Gasteiger partial charge in [0.1, 0.15) is 0 Å². The molecule has 0 unspecified atom stereocenters. The van der Waals surface area contributed by atoms with Gasteiger partial charge in [0.05, 0.1) is 16.3 Å². The summed E-state index contributed by atoms with van der Waals surface area (Å²) < 4.78 is 5.88. The third-order valence-corrected chi connectivity index (χ3v) is 5.91. The summed E-state index contributed by atoms with van der Waals surface area (Å²) in [4.78, 5) is 41.1. The lowest BCUT2D eigenvalue weighted by atomic mass is 10.1. The molecule has 0 aliphatic rings. The molecule has 0 aliphatic carbocycles. The number of aryl methyl sites for hydroxylation is 3. The van der Waals surface area contributed by atoms with Crippen molar-refractivity contribution < 1.29 is 4.92 Å². The summed E-state index contributed by atoms with van der Waals surface area (Å²) >= 11 is 0. The van der Waals surface area contributed by atoms with Crippen molar-refractivity contribution in [1.82, 2.24) is 23.1 Å². The molecule has 166 valence electrons. The van der Waals surface area contributed by atoms with Crippen molar-refractivity contribution in [2.24, 2.45) is 14.1 Å². The number of nitro groups is 1. The number of nitrogens with zero attached hydrogens (tertiary/aromatic N) is 6. The van der Waals surface area contributed by atoms with Crippen LogP contribution in [0.5, 0.6) is 0 Å². The fourth-order valence-corrected chi connectivity index (χ4v) is 4.25. The van der Waals surface area contributed by atoms with Crippen LogP contribution in [0, 0.1) is 24.0 Å². The molecule has 0 amide bonds. The molecule has 0 saturated heterocycles. The molecule has 0 bridgehead atoms. The van der Waals surface area contributed by atoms with Crippen LogP contribution in [0.25, 0.3) is 33.9 Å². The molecule has 0 fully saturated rings. The van der Waals surface area contributed by atoms with Gasteiger partial charge in [0, 0.05) is 38.0 Å². The number of aromatic nitrogens is 5. The highest BCUT2D eigenvalue weighted by molar-refractivity contribution is 5.80. The second kappa shape index (κ2) is 7.02. The first-order valence-electron chi connectivity index (χ1n) is 10.2. The van der Waals surface area contributed by atoms with Gasteiger partial charge < -0.3 is 0 Å². The summed E-state index contributed by atoms with van der Waals surface area (Å²) in [5.41, 5.74) is 3.64. The Morgan fingerprint density at radius 1 is 1.00 bits per heavy atom. The van der Waals surface area contributed by atoms with Gasteiger partial charge in [-0.1, -0.05) is 29.8 Å². The average molecular weight is 444 g/mol. The van der Waals surface area contributed by atoms with E-state index in [0.29, 0.717) is 17.0 Å². The molecule has 10 heteroatoms. The first kappa shape index (κ1) is 20.4. The Morgan fingerprint density at radius 2 is 1.76 bits per heavy atom. The minimum absolute atomic E-state index is 0.0401. The lowest BCUT2D eigenvalue weighted by molar-refractivity contribution is -0.384. The van der Waals surface area contributed by atoms with Crippen LogP contribution >= 0.6 is 0 Å². The number of rotatable bonds is 3. The third-order valence-electron chi connectivity index (χ3n) is 5.91. The summed E-state index contributed by atoms with van der Waals surface area (Å²) in [6.45, 7) is 3.96. The van der Waals surface area contributed by atoms with Gasteiger partial charge in [0.2, 0.25) is 5.78 Å². The van der Waals surface area contributed by atoms with E-state index in [1.165, 1.54) is 23.7 Å². The largest absolute Gasteiger partial charge is 0.332 e. The normalized spacial score (nSPS) is 11.5. The van der Waals surface area contributed by atoms with Gasteiger partial charge in [-0.05, 0) is 25.5 Å². The number of hydrogen-bond donors (Lipinski definition) is 0. The molecular weight excluding hydrogens is 424 g/mol. The smallest absolute Gasteiger partial charge is 0.279 e. The molecule has 10 nitrogen and oxygen atoms in total. The van der Waals surface area contributed by atoms with E-state index in [1.54, 1.807) is 29.8 Å². The van der Waals surface area contributed by atoms with Gasteiger partial charge in [-0.25, -0.2) is 4.79 Å². The maximum atomic E-state index is 13.0. The van der Waals surface area contributed by atoms with Crippen molar-refractivity contribution in [3.05, 3.63) is 90.7 Å². The number of imidazole rings is 2. The Balaban J connectivity index is 1.97. The Labute approximate surface area is 186 Å². The lowest BCUT2D eigenvalue weighted by Crippen LogP contribution is -2.37. The predicted molar refractivity (Wildman–Crippen MR) is 124 cm³/mol. The molecular formula is C23H20N6O4. The van der Waals surface area contributed by atoms with E-state index in [9.17, 15) is 19.7 Å². The third kappa shape index (κ3) is 2.91. The quantitative estimate of drug-likeness (QED) is 0.314. The molecule has 0 atom stereocenters. The second-order valence-corrected chi connectivity index (χ2v) is 8.11. The molecule has 0 aliphatic heterocycles. The van der Waals surface area contributed by atoms with Crippen LogP contribution in [0.15, 0.2) is 58.3 Å². The summed E-state index contributed by atoms with van der Waals surface area (Å²) in [6.07, 6.45) is 1.73. The first-order chi connectivity index (χ1) is 15.7. The van der Waals surface area contributed by atoms with Crippen molar-refractivity contribution in [1.29, 1.82) is 0 Å². The molecule has 0 spiro atoms. The van der Waals surface area contributed by atoms with Crippen LogP contribution in [-0.4, -0.2) is 28.0 Å². The van der Waals surface area contributed by atoms with Gasteiger partial charge >= 0.3 is 5.69 Å².